The number of H-pyrrole nitrogens is 1. The molecule has 0 unspecified atom stereocenters. The van der Waals surface area contributed by atoms with Gasteiger partial charge in [-0.25, -0.2) is 4.39 Å². The Labute approximate surface area is 147 Å². The van der Waals surface area contributed by atoms with Crippen LogP contribution in [0, 0.1) is 12.7 Å². The number of aryl methyl sites for hydroxylation is 1. The van der Waals surface area contributed by atoms with Crippen molar-refractivity contribution < 1.29 is 13.9 Å². The Morgan fingerprint density at radius 1 is 1.32 bits per heavy atom. The number of hydrogen-bond acceptors (Lipinski definition) is 3. The predicted molar refractivity (Wildman–Crippen MR) is 92.7 cm³/mol. The van der Waals surface area contributed by atoms with Crippen LogP contribution < -0.4 is 0 Å². The Balaban J connectivity index is 1.81. The molecule has 1 aliphatic rings. The van der Waals surface area contributed by atoms with Crippen molar-refractivity contribution in [2.45, 2.75) is 51.3 Å². The van der Waals surface area contributed by atoms with Gasteiger partial charge in [0.2, 0.25) is 0 Å². The summed E-state index contributed by atoms with van der Waals surface area (Å²) < 4.78 is 19.0. The second-order valence-electron chi connectivity index (χ2n) is 6.67. The number of carbonyl (C=O) groups is 1. The van der Waals surface area contributed by atoms with E-state index in [9.17, 15) is 9.18 Å². The minimum Gasteiger partial charge on any atom is -0.381 e. The van der Waals surface area contributed by atoms with Crippen LogP contribution in [0.15, 0.2) is 30.3 Å². The van der Waals surface area contributed by atoms with Crippen LogP contribution in [0.25, 0.3) is 0 Å². The Hall–Kier alpha value is -2.21. The monoisotopic (exact) mass is 345 g/mol. The molecule has 0 bridgehead atoms. The Kier molecular flexibility index (Phi) is 5.48. The average Bonchev–Trinajstić information content (AvgIpc) is 3.06. The fourth-order valence-electron chi connectivity index (χ4n) is 3.47. The van der Waals surface area contributed by atoms with Gasteiger partial charge in [-0.15, -0.1) is 0 Å². The lowest BCUT2D eigenvalue weighted by Gasteiger charge is -2.36. The van der Waals surface area contributed by atoms with Crippen LogP contribution >= 0.6 is 0 Å². The molecule has 6 heteroatoms. The molecule has 0 atom stereocenters. The van der Waals surface area contributed by atoms with Gasteiger partial charge >= 0.3 is 0 Å². The van der Waals surface area contributed by atoms with E-state index in [2.05, 4.69) is 10.2 Å². The van der Waals surface area contributed by atoms with E-state index in [0.29, 0.717) is 12.2 Å². The molecule has 0 saturated heterocycles. The summed E-state index contributed by atoms with van der Waals surface area (Å²) in [5, 5.41) is 6.93. The van der Waals surface area contributed by atoms with Gasteiger partial charge in [-0.1, -0.05) is 12.1 Å². The number of nitrogens with zero attached hydrogens (tertiary/aromatic N) is 2. The first-order valence-corrected chi connectivity index (χ1v) is 8.67. The summed E-state index contributed by atoms with van der Waals surface area (Å²) in [6.07, 6.45) is 3.86. The van der Waals surface area contributed by atoms with Gasteiger partial charge in [-0.05, 0) is 56.4 Å². The molecule has 0 spiro atoms. The largest absolute Gasteiger partial charge is 0.381 e. The molecule has 1 saturated carbocycles. The van der Waals surface area contributed by atoms with E-state index in [-0.39, 0.29) is 23.9 Å². The molecule has 0 radical (unpaired) electrons. The normalized spacial score (nSPS) is 20.4. The van der Waals surface area contributed by atoms with E-state index in [1.165, 1.54) is 12.1 Å². The van der Waals surface area contributed by atoms with Crippen molar-refractivity contribution in [2.24, 2.45) is 0 Å². The first-order valence-electron chi connectivity index (χ1n) is 8.67. The maximum atomic E-state index is 13.5. The van der Waals surface area contributed by atoms with Crippen LogP contribution in [0.3, 0.4) is 0 Å². The minimum atomic E-state index is -0.288. The number of methoxy groups -OCH3 is 1. The van der Waals surface area contributed by atoms with Crippen molar-refractivity contribution in [2.75, 3.05) is 7.11 Å². The van der Waals surface area contributed by atoms with Crippen LogP contribution in [0.2, 0.25) is 0 Å². The van der Waals surface area contributed by atoms with Crippen LogP contribution in [-0.2, 0) is 11.3 Å². The second kappa shape index (κ2) is 7.78. The quantitative estimate of drug-likeness (QED) is 0.903. The molecule has 1 amide bonds. The van der Waals surface area contributed by atoms with Crippen molar-refractivity contribution in [3.63, 3.8) is 0 Å². The molecular weight excluding hydrogens is 321 g/mol. The molecule has 1 fully saturated rings. The Morgan fingerprint density at radius 3 is 2.68 bits per heavy atom. The van der Waals surface area contributed by atoms with E-state index in [0.717, 1.165) is 36.9 Å². The van der Waals surface area contributed by atoms with Gasteiger partial charge in [0.15, 0.2) is 0 Å². The van der Waals surface area contributed by atoms with E-state index in [1.54, 1.807) is 19.2 Å². The summed E-state index contributed by atoms with van der Waals surface area (Å²) in [5.74, 6) is -0.405. The molecule has 1 aromatic carbocycles. The SMILES string of the molecule is COC1CCC(N(Cc2cccc(F)c2)C(=O)c2cc(C)[nH]n2)CC1. The number of benzene rings is 1. The molecule has 134 valence electrons. The van der Waals surface area contributed by atoms with Crippen LogP contribution in [-0.4, -0.2) is 40.3 Å². The number of aromatic amines is 1. The summed E-state index contributed by atoms with van der Waals surface area (Å²) in [5.41, 5.74) is 2.04. The molecule has 5 nitrogen and oxygen atoms in total. The summed E-state index contributed by atoms with van der Waals surface area (Å²) in [7, 11) is 1.73. The summed E-state index contributed by atoms with van der Waals surface area (Å²) in [4.78, 5) is 14.8. The first-order chi connectivity index (χ1) is 12.1. The van der Waals surface area contributed by atoms with Crippen molar-refractivity contribution in [3.05, 3.63) is 53.1 Å². The topological polar surface area (TPSA) is 58.2 Å². The zero-order chi connectivity index (χ0) is 17.8. The van der Waals surface area contributed by atoms with Crippen LogP contribution in [0.5, 0.6) is 0 Å². The van der Waals surface area contributed by atoms with Gasteiger partial charge in [-0.2, -0.15) is 5.10 Å². The highest BCUT2D eigenvalue weighted by molar-refractivity contribution is 5.92. The third kappa shape index (κ3) is 4.25. The zero-order valence-electron chi connectivity index (χ0n) is 14.7. The number of halogens is 1. The number of hydrogen-bond donors (Lipinski definition) is 1. The number of amides is 1. The highest BCUT2D eigenvalue weighted by Gasteiger charge is 2.30. The minimum absolute atomic E-state index is 0.110. The lowest BCUT2D eigenvalue weighted by Crippen LogP contribution is -2.43. The van der Waals surface area contributed by atoms with Gasteiger partial charge in [0.05, 0.1) is 6.10 Å². The van der Waals surface area contributed by atoms with Gasteiger partial charge in [0, 0.05) is 25.4 Å². The van der Waals surface area contributed by atoms with Gasteiger partial charge < -0.3 is 9.64 Å². The molecule has 0 aliphatic heterocycles. The van der Waals surface area contributed by atoms with Crippen LogP contribution in [0.1, 0.15) is 47.4 Å². The molecule has 1 aromatic heterocycles. The Bertz CT molecular complexity index is 723. The highest BCUT2D eigenvalue weighted by atomic mass is 19.1. The maximum absolute atomic E-state index is 13.5. The van der Waals surface area contributed by atoms with Gasteiger partial charge in [-0.3, -0.25) is 9.89 Å². The lowest BCUT2D eigenvalue weighted by atomic mass is 9.91. The summed E-state index contributed by atoms with van der Waals surface area (Å²) in [6.45, 7) is 2.25. The first kappa shape index (κ1) is 17.6. The summed E-state index contributed by atoms with van der Waals surface area (Å²) >= 11 is 0. The van der Waals surface area contributed by atoms with Crippen molar-refractivity contribution in [1.82, 2.24) is 15.1 Å². The molecule has 3 rings (SSSR count). The van der Waals surface area contributed by atoms with E-state index in [4.69, 9.17) is 4.74 Å². The van der Waals surface area contributed by atoms with Crippen molar-refractivity contribution in [1.29, 1.82) is 0 Å². The molecule has 1 heterocycles. The van der Waals surface area contributed by atoms with Gasteiger partial charge in [0.25, 0.3) is 5.91 Å². The third-order valence-corrected chi connectivity index (χ3v) is 4.85. The maximum Gasteiger partial charge on any atom is 0.274 e. The van der Waals surface area contributed by atoms with Crippen molar-refractivity contribution >= 4 is 5.91 Å². The van der Waals surface area contributed by atoms with Crippen molar-refractivity contribution in [3.8, 4) is 0 Å². The molecule has 2 aromatic rings. The Morgan fingerprint density at radius 2 is 2.08 bits per heavy atom. The number of nitrogens with one attached hydrogen (secondary N) is 1. The lowest BCUT2D eigenvalue weighted by molar-refractivity contribution is 0.0310. The standard InChI is InChI=1S/C19H24FN3O2/c1-13-10-18(22-21-13)19(24)23(12-14-4-3-5-15(20)11-14)16-6-8-17(25-2)9-7-16/h3-5,10-11,16-17H,6-9,12H2,1-2H3,(H,21,22). The smallest absolute Gasteiger partial charge is 0.274 e. The molecule has 1 N–H and O–H groups in total. The van der Waals surface area contributed by atoms with Crippen LogP contribution in [0.4, 0.5) is 4.39 Å². The molecule has 1 aliphatic carbocycles. The molecule has 25 heavy (non-hydrogen) atoms. The number of ether oxygens (including phenoxy) is 1. The number of rotatable bonds is 5. The average molecular weight is 345 g/mol. The highest BCUT2D eigenvalue weighted by Crippen LogP contribution is 2.27. The zero-order valence-corrected chi connectivity index (χ0v) is 14.7. The predicted octanol–water partition coefficient (Wildman–Crippen LogP) is 3.46. The molecular formula is C19H24FN3O2. The fourth-order valence-corrected chi connectivity index (χ4v) is 3.47. The van der Waals surface area contributed by atoms with E-state index in [1.807, 2.05) is 17.9 Å². The number of aromatic nitrogens is 2. The van der Waals surface area contributed by atoms with Gasteiger partial charge in [0.1, 0.15) is 11.5 Å². The van der Waals surface area contributed by atoms with E-state index < -0.39 is 0 Å². The third-order valence-electron chi connectivity index (χ3n) is 4.85. The summed E-state index contributed by atoms with van der Waals surface area (Å²) in [6, 6.07) is 8.28. The fraction of sp³-hybridized carbons (Fsp3) is 0.474. The number of carbonyl (C=O) groups excluding carboxylic acids is 1. The second-order valence-corrected chi connectivity index (χ2v) is 6.67. The van der Waals surface area contributed by atoms with E-state index >= 15 is 0 Å².